The Morgan fingerprint density at radius 3 is 2.40 bits per heavy atom. The fourth-order valence-corrected chi connectivity index (χ4v) is 3.36. The van der Waals surface area contributed by atoms with Crippen LogP contribution in [0.5, 0.6) is 0 Å². The quantitative estimate of drug-likeness (QED) is 0.769. The van der Waals surface area contributed by atoms with Gasteiger partial charge in [0.25, 0.3) is 10.0 Å². The standard InChI is InChI=1S/C14H16ClNO3S/c1-2-16(11-12-6-4-3-5-7-12)20(17,18)14-9-8-13(10-15)19-14/h3-9H,2,10-11H2,1H3. The Morgan fingerprint density at radius 1 is 1.15 bits per heavy atom. The lowest BCUT2D eigenvalue weighted by Crippen LogP contribution is -2.30. The fraction of sp³-hybridized carbons (Fsp3) is 0.286. The Kier molecular flexibility index (Phi) is 4.86. The molecular weight excluding hydrogens is 298 g/mol. The first-order valence-corrected chi connectivity index (χ1v) is 8.24. The molecule has 0 aliphatic rings. The van der Waals surface area contributed by atoms with Crippen molar-refractivity contribution in [3.8, 4) is 0 Å². The van der Waals surface area contributed by atoms with Gasteiger partial charge in [-0.05, 0) is 17.7 Å². The van der Waals surface area contributed by atoms with Crippen LogP contribution in [0.4, 0.5) is 0 Å². The van der Waals surface area contributed by atoms with Gasteiger partial charge in [-0.3, -0.25) is 0 Å². The van der Waals surface area contributed by atoms with Gasteiger partial charge >= 0.3 is 0 Å². The van der Waals surface area contributed by atoms with E-state index in [9.17, 15) is 8.42 Å². The molecule has 1 aromatic heterocycles. The maximum absolute atomic E-state index is 12.5. The van der Waals surface area contributed by atoms with Crippen LogP contribution in [0.2, 0.25) is 0 Å². The molecule has 0 aliphatic carbocycles. The monoisotopic (exact) mass is 313 g/mol. The number of hydrogen-bond donors (Lipinski definition) is 0. The molecule has 0 saturated heterocycles. The lowest BCUT2D eigenvalue weighted by Gasteiger charge is -2.18. The van der Waals surface area contributed by atoms with Crippen LogP contribution >= 0.6 is 11.6 Å². The molecule has 2 aromatic rings. The third-order valence-corrected chi connectivity index (χ3v) is 4.98. The molecule has 1 aromatic carbocycles. The van der Waals surface area contributed by atoms with Crippen LogP contribution in [-0.4, -0.2) is 19.3 Å². The molecule has 0 saturated carbocycles. The van der Waals surface area contributed by atoms with Crippen LogP contribution in [-0.2, 0) is 22.4 Å². The highest BCUT2D eigenvalue weighted by Gasteiger charge is 2.26. The minimum absolute atomic E-state index is 0.0640. The molecule has 108 valence electrons. The SMILES string of the molecule is CCN(Cc1ccccc1)S(=O)(=O)c1ccc(CCl)o1. The number of rotatable bonds is 6. The largest absolute Gasteiger partial charge is 0.447 e. The number of hydrogen-bond acceptors (Lipinski definition) is 3. The summed E-state index contributed by atoms with van der Waals surface area (Å²) in [6.45, 7) is 2.48. The Morgan fingerprint density at radius 2 is 1.85 bits per heavy atom. The highest BCUT2D eigenvalue weighted by Crippen LogP contribution is 2.21. The first-order chi connectivity index (χ1) is 9.57. The first kappa shape index (κ1) is 15.1. The van der Waals surface area contributed by atoms with Crippen molar-refractivity contribution in [2.75, 3.05) is 6.54 Å². The normalized spacial score (nSPS) is 11.9. The molecule has 0 N–H and O–H groups in total. The van der Waals surface area contributed by atoms with Crippen LogP contribution < -0.4 is 0 Å². The van der Waals surface area contributed by atoms with E-state index >= 15 is 0 Å². The van der Waals surface area contributed by atoms with Crippen molar-refractivity contribution in [2.24, 2.45) is 0 Å². The van der Waals surface area contributed by atoms with Gasteiger partial charge in [0.2, 0.25) is 5.09 Å². The highest BCUT2D eigenvalue weighted by atomic mass is 35.5. The lowest BCUT2D eigenvalue weighted by molar-refractivity contribution is 0.376. The number of sulfonamides is 1. The summed E-state index contributed by atoms with van der Waals surface area (Å²) in [6.07, 6.45) is 0. The van der Waals surface area contributed by atoms with E-state index in [4.69, 9.17) is 16.0 Å². The van der Waals surface area contributed by atoms with E-state index in [2.05, 4.69) is 0 Å². The van der Waals surface area contributed by atoms with E-state index in [-0.39, 0.29) is 11.0 Å². The maximum atomic E-state index is 12.5. The molecule has 0 unspecified atom stereocenters. The smallest absolute Gasteiger partial charge is 0.276 e. The molecule has 6 heteroatoms. The van der Waals surface area contributed by atoms with E-state index in [1.807, 2.05) is 30.3 Å². The number of halogens is 1. The third kappa shape index (κ3) is 3.23. The second kappa shape index (κ2) is 6.43. The van der Waals surface area contributed by atoms with Gasteiger partial charge in [0, 0.05) is 13.1 Å². The minimum atomic E-state index is -3.63. The van der Waals surface area contributed by atoms with Gasteiger partial charge in [-0.1, -0.05) is 37.3 Å². The second-order valence-corrected chi connectivity index (χ2v) is 6.41. The maximum Gasteiger partial charge on any atom is 0.276 e. The summed E-state index contributed by atoms with van der Waals surface area (Å²) in [5, 5.41) is -0.0640. The van der Waals surface area contributed by atoms with Crippen LogP contribution in [0.15, 0.2) is 52.0 Å². The van der Waals surface area contributed by atoms with Crippen molar-refractivity contribution >= 4 is 21.6 Å². The zero-order chi connectivity index (χ0) is 14.6. The van der Waals surface area contributed by atoms with E-state index in [0.717, 1.165) is 5.56 Å². The average Bonchev–Trinajstić information content (AvgIpc) is 2.95. The van der Waals surface area contributed by atoms with Crippen LogP contribution in [0.3, 0.4) is 0 Å². The van der Waals surface area contributed by atoms with Gasteiger partial charge in [0.15, 0.2) is 0 Å². The Labute approximate surface area is 124 Å². The van der Waals surface area contributed by atoms with E-state index in [0.29, 0.717) is 18.8 Å². The molecule has 2 rings (SSSR count). The Balaban J connectivity index is 2.25. The molecule has 4 nitrogen and oxygen atoms in total. The minimum Gasteiger partial charge on any atom is -0.447 e. The molecule has 0 aliphatic heterocycles. The summed E-state index contributed by atoms with van der Waals surface area (Å²) >= 11 is 5.63. The lowest BCUT2D eigenvalue weighted by atomic mass is 10.2. The van der Waals surface area contributed by atoms with E-state index in [1.165, 1.54) is 10.4 Å². The summed E-state index contributed by atoms with van der Waals surface area (Å²) in [7, 11) is -3.63. The van der Waals surface area contributed by atoms with E-state index in [1.54, 1.807) is 13.0 Å². The molecule has 0 amide bonds. The van der Waals surface area contributed by atoms with Crippen LogP contribution in [0.1, 0.15) is 18.2 Å². The Hall–Kier alpha value is -1.30. The van der Waals surface area contributed by atoms with Crippen molar-refractivity contribution in [1.82, 2.24) is 4.31 Å². The predicted octanol–water partition coefficient (Wildman–Crippen LogP) is 3.23. The van der Waals surface area contributed by atoms with Crippen molar-refractivity contribution < 1.29 is 12.8 Å². The van der Waals surface area contributed by atoms with Gasteiger partial charge in [-0.2, -0.15) is 4.31 Å². The second-order valence-electron chi connectivity index (χ2n) is 4.27. The Bertz CT molecular complexity index is 652. The molecule has 0 radical (unpaired) electrons. The van der Waals surface area contributed by atoms with Crippen molar-refractivity contribution in [3.05, 3.63) is 53.8 Å². The van der Waals surface area contributed by atoms with Crippen molar-refractivity contribution in [3.63, 3.8) is 0 Å². The molecule has 0 bridgehead atoms. The molecule has 1 heterocycles. The zero-order valence-electron chi connectivity index (χ0n) is 11.1. The summed E-state index contributed by atoms with van der Waals surface area (Å²) in [6, 6.07) is 12.5. The predicted molar refractivity (Wildman–Crippen MR) is 78.0 cm³/mol. The third-order valence-electron chi connectivity index (χ3n) is 2.92. The molecule has 20 heavy (non-hydrogen) atoms. The van der Waals surface area contributed by atoms with Gasteiger partial charge in [0.1, 0.15) is 5.76 Å². The molecule has 0 atom stereocenters. The van der Waals surface area contributed by atoms with Crippen molar-refractivity contribution in [2.45, 2.75) is 24.4 Å². The highest BCUT2D eigenvalue weighted by molar-refractivity contribution is 7.89. The van der Waals surface area contributed by atoms with E-state index < -0.39 is 10.0 Å². The number of nitrogens with zero attached hydrogens (tertiary/aromatic N) is 1. The molecule has 0 spiro atoms. The average molecular weight is 314 g/mol. The van der Waals surface area contributed by atoms with Gasteiger partial charge in [-0.25, -0.2) is 8.42 Å². The number of furan rings is 1. The summed E-state index contributed by atoms with van der Waals surface area (Å²) < 4.78 is 31.6. The first-order valence-electron chi connectivity index (χ1n) is 6.26. The number of benzene rings is 1. The molecule has 0 fully saturated rings. The zero-order valence-corrected chi connectivity index (χ0v) is 12.7. The van der Waals surface area contributed by atoms with Gasteiger partial charge in [0.05, 0.1) is 5.88 Å². The van der Waals surface area contributed by atoms with Gasteiger partial charge < -0.3 is 4.42 Å². The van der Waals surface area contributed by atoms with Gasteiger partial charge in [-0.15, -0.1) is 11.6 Å². The topological polar surface area (TPSA) is 50.5 Å². The van der Waals surface area contributed by atoms with Crippen LogP contribution in [0, 0.1) is 0 Å². The molecular formula is C14H16ClNO3S. The van der Waals surface area contributed by atoms with Crippen molar-refractivity contribution in [1.29, 1.82) is 0 Å². The summed E-state index contributed by atoms with van der Waals surface area (Å²) in [4.78, 5) is 0. The summed E-state index contributed by atoms with van der Waals surface area (Å²) in [5.41, 5.74) is 0.932. The summed E-state index contributed by atoms with van der Waals surface area (Å²) in [5.74, 6) is 0.598. The van der Waals surface area contributed by atoms with Crippen LogP contribution in [0.25, 0.3) is 0 Å². The fourth-order valence-electron chi connectivity index (χ4n) is 1.85. The number of alkyl halides is 1.